The molecule has 0 aliphatic rings. The standard InChI is InChI=1S/C23H17N3OS2/c27-22-18(9-8-16-7-4-11-24-21(16)22)20(17-10-12-28-13-17)26-23-25-19(14-29-23)15-5-2-1-3-6-15/h1-14,20,27H,(H,25,26). The quantitative estimate of drug-likeness (QED) is 0.352. The Morgan fingerprint density at radius 1 is 0.931 bits per heavy atom. The summed E-state index contributed by atoms with van der Waals surface area (Å²) in [5.74, 6) is 0.201. The molecule has 1 unspecified atom stereocenters. The molecule has 3 heterocycles. The van der Waals surface area contributed by atoms with Crippen LogP contribution < -0.4 is 5.32 Å². The van der Waals surface area contributed by atoms with Crippen LogP contribution in [0.15, 0.2) is 83.0 Å². The highest BCUT2D eigenvalue weighted by Crippen LogP contribution is 2.38. The molecule has 3 aromatic heterocycles. The lowest BCUT2D eigenvalue weighted by molar-refractivity contribution is 0.472. The van der Waals surface area contributed by atoms with Crippen molar-refractivity contribution in [3.63, 3.8) is 0 Å². The van der Waals surface area contributed by atoms with Crippen LogP contribution in [0.4, 0.5) is 5.13 Å². The van der Waals surface area contributed by atoms with E-state index < -0.39 is 0 Å². The Labute approximate surface area is 176 Å². The van der Waals surface area contributed by atoms with E-state index in [0.717, 1.165) is 32.9 Å². The zero-order valence-electron chi connectivity index (χ0n) is 15.3. The highest BCUT2D eigenvalue weighted by Gasteiger charge is 2.21. The second kappa shape index (κ2) is 7.66. The van der Waals surface area contributed by atoms with Gasteiger partial charge in [-0.1, -0.05) is 48.5 Å². The van der Waals surface area contributed by atoms with Gasteiger partial charge in [0.15, 0.2) is 5.13 Å². The first-order chi connectivity index (χ1) is 14.3. The Morgan fingerprint density at radius 3 is 2.66 bits per heavy atom. The van der Waals surface area contributed by atoms with Crippen molar-refractivity contribution in [3.05, 3.63) is 94.1 Å². The highest BCUT2D eigenvalue weighted by atomic mass is 32.1. The highest BCUT2D eigenvalue weighted by molar-refractivity contribution is 7.14. The Hall–Kier alpha value is -3.22. The molecule has 0 fully saturated rings. The SMILES string of the molecule is Oc1c(C(Nc2nc(-c3ccccc3)cs2)c2ccsc2)ccc2cccnc12. The average molecular weight is 416 g/mol. The number of rotatable bonds is 5. The van der Waals surface area contributed by atoms with Gasteiger partial charge in [0.05, 0.1) is 11.7 Å². The number of anilines is 1. The topological polar surface area (TPSA) is 58.0 Å². The van der Waals surface area contributed by atoms with Gasteiger partial charge in [-0.15, -0.1) is 11.3 Å². The van der Waals surface area contributed by atoms with Gasteiger partial charge in [-0.2, -0.15) is 11.3 Å². The van der Waals surface area contributed by atoms with Gasteiger partial charge in [-0.05, 0) is 28.5 Å². The minimum absolute atomic E-state index is 0.201. The van der Waals surface area contributed by atoms with Crippen LogP contribution in [0.2, 0.25) is 0 Å². The van der Waals surface area contributed by atoms with Crippen molar-refractivity contribution >= 4 is 38.7 Å². The first kappa shape index (κ1) is 17.8. The predicted molar refractivity (Wildman–Crippen MR) is 121 cm³/mol. The van der Waals surface area contributed by atoms with E-state index in [-0.39, 0.29) is 11.8 Å². The van der Waals surface area contributed by atoms with Crippen molar-refractivity contribution in [1.82, 2.24) is 9.97 Å². The molecule has 1 atom stereocenters. The lowest BCUT2D eigenvalue weighted by atomic mass is 9.98. The molecule has 0 saturated carbocycles. The molecular formula is C23H17N3OS2. The largest absolute Gasteiger partial charge is 0.505 e. The molecule has 0 bridgehead atoms. The van der Waals surface area contributed by atoms with E-state index in [2.05, 4.69) is 33.9 Å². The third kappa shape index (κ3) is 3.48. The molecule has 0 aliphatic carbocycles. The molecule has 0 saturated heterocycles. The molecule has 0 spiro atoms. The Balaban J connectivity index is 1.54. The summed E-state index contributed by atoms with van der Waals surface area (Å²) in [7, 11) is 0. The molecule has 5 aromatic rings. The van der Waals surface area contributed by atoms with Gasteiger partial charge in [-0.25, -0.2) is 4.98 Å². The lowest BCUT2D eigenvalue weighted by Gasteiger charge is -2.19. The van der Waals surface area contributed by atoms with Crippen molar-refractivity contribution in [2.24, 2.45) is 0 Å². The van der Waals surface area contributed by atoms with Crippen LogP contribution in [-0.4, -0.2) is 15.1 Å². The van der Waals surface area contributed by atoms with E-state index in [4.69, 9.17) is 4.98 Å². The number of phenolic OH excluding ortho intramolecular Hbond substituents is 1. The summed E-state index contributed by atoms with van der Waals surface area (Å²) in [5, 5.41) is 22.4. The number of hydrogen-bond acceptors (Lipinski definition) is 6. The predicted octanol–water partition coefficient (Wildman–Crippen LogP) is 6.33. The number of hydrogen-bond donors (Lipinski definition) is 2. The molecule has 142 valence electrons. The van der Waals surface area contributed by atoms with Gasteiger partial charge in [0.2, 0.25) is 0 Å². The van der Waals surface area contributed by atoms with E-state index in [9.17, 15) is 5.11 Å². The number of thiazole rings is 1. The monoisotopic (exact) mass is 415 g/mol. The number of benzene rings is 2. The summed E-state index contributed by atoms with van der Waals surface area (Å²) >= 11 is 3.19. The van der Waals surface area contributed by atoms with Gasteiger partial charge in [0, 0.05) is 28.1 Å². The van der Waals surface area contributed by atoms with Gasteiger partial charge >= 0.3 is 0 Å². The van der Waals surface area contributed by atoms with Crippen LogP contribution in [0, 0.1) is 0 Å². The first-order valence-electron chi connectivity index (χ1n) is 9.16. The van der Waals surface area contributed by atoms with Crippen LogP contribution in [0.5, 0.6) is 5.75 Å². The molecule has 2 N–H and O–H groups in total. The molecule has 0 aliphatic heterocycles. The second-order valence-electron chi connectivity index (χ2n) is 6.62. The lowest BCUT2D eigenvalue weighted by Crippen LogP contribution is -2.12. The van der Waals surface area contributed by atoms with Crippen molar-refractivity contribution < 1.29 is 5.11 Å². The first-order valence-corrected chi connectivity index (χ1v) is 11.0. The van der Waals surface area contributed by atoms with Crippen LogP contribution in [0.3, 0.4) is 0 Å². The summed E-state index contributed by atoms with van der Waals surface area (Å²) in [6.07, 6.45) is 1.70. The number of aromatic hydroxyl groups is 1. The normalized spacial score (nSPS) is 12.1. The number of nitrogens with zero attached hydrogens (tertiary/aromatic N) is 2. The molecule has 6 heteroatoms. The van der Waals surface area contributed by atoms with Gasteiger partial charge in [-0.3, -0.25) is 4.98 Å². The summed E-state index contributed by atoms with van der Waals surface area (Å²) in [6, 6.07) is 19.7. The molecule has 0 radical (unpaired) electrons. The van der Waals surface area contributed by atoms with Gasteiger partial charge in [0.25, 0.3) is 0 Å². The minimum Gasteiger partial charge on any atom is -0.505 e. The van der Waals surface area contributed by atoms with Crippen LogP contribution in [0.1, 0.15) is 17.2 Å². The fourth-order valence-electron chi connectivity index (χ4n) is 3.36. The minimum atomic E-state index is -0.220. The van der Waals surface area contributed by atoms with E-state index in [1.807, 2.05) is 53.2 Å². The number of thiophene rings is 1. The zero-order chi connectivity index (χ0) is 19.6. The maximum absolute atomic E-state index is 11.0. The smallest absolute Gasteiger partial charge is 0.183 e. The molecule has 5 rings (SSSR count). The van der Waals surface area contributed by atoms with E-state index >= 15 is 0 Å². The van der Waals surface area contributed by atoms with Crippen molar-refractivity contribution in [3.8, 4) is 17.0 Å². The third-order valence-electron chi connectivity index (χ3n) is 4.81. The fraction of sp³-hybridized carbons (Fsp3) is 0.0435. The number of aromatic nitrogens is 2. The van der Waals surface area contributed by atoms with Gasteiger partial charge in [0.1, 0.15) is 11.3 Å². The van der Waals surface area contributed by atoms with E-state index in [1.165, 1.54) is 0 Å². The van der Waals surface area contributed by atoms with E-state index in [0.29, 0.717) is 5.52 Å². The van der Waals surface area contributed by atoms with Crippen molar-refractivity contribution in [2.75, 3.05) is 5.32 Å². The summed E-state index contributed by atoms with van der Waals surface area (Å²) in [6.45, 7) is 0. The maximum Gasteiger partial charge on any atom is 0.183 e. The van der Waals surface area contributed by atoms with E-state index in [1.54, 1.807) is 28.9 Å². The number of phenols is 1. The van der Waals surface area contributed by atoms with Crippen LogP contribution in [0.25, 0.3) is 22.2 Å². The molecule has 2 aromatic carbocycles. The molecule has 4 nitrogen and oxygen atoms in total. The third-order valence-corrected chi connectivity index (χ3v) is 6.28. The number of fused-ring (bicyclic) bond motifs is 1. The number of nitrogens with one attached hydrogen (secondary N) is 1. The molecule has 0 amide bonds. The average Bonchev–Trinajstić information content (AvgIpc) is 3.46. The van der Waals surface area contributed by atoms with Crippen molar-refractivity contribution in [1.29, 1.82) is 0 Å². The Kier molecular flexibility index (Phi) is 4.71. The second-order valence-corrected chi connectivity index (χ2v) is 8.25. The zero-order valence-corrected chi connectivity index (χ0v) is 17.0. The van der Waals surface area contributed by atoms with Crippen LogP contribution >= 0.6 is 22.7 Å². The fourth-order valence-corrected chi connectivity index (χ4v) is 4.80. The van der Waals surface area contributed by atoms with Crippen LogP contribution in [-0.2, 0) is 0 Å². The summed E-state index contributed by atoms with van der Waals surface area (Å²) in [4.78, 5) is 9.13. The molecule has 29 heavy (non-hydrogen) atoms. The van der Waals surface area contributed by atoms with Crippen molar-refractivity contribution in [2.45, 2.75) is 6.04 Å². The Bertz CT molecular complexity index is 1250. The Morgan fingerprint density at radius 2 is 1.83 bits per heavy atom. The molecular weight excluding hydrogens is 398 g/mol. The maximum atomic E-state index is 11.0. The number of pyridine rings is 1. The summed E-state index contributed by atoms with van der Waals surface area (Å²) in [5.41, 5.74) is 4.49. The van der Waals surface area contributed by atoms with Gasteiger partial charge < -0.3 is 10.4 Å². The summed E-state index contributed by atoms with van der Waals surface area (Å²) < 4.78 is 0.